The molecule has 0 radical (unpaired) electrons. The minimum atomic E-state index is -0.363. The van der Waals surface area contributed by atoms with Crippen LogP contribution in [0, 0.1) is 0 Å². The van der Waals surface area contributed by atoms with Crippen molar-refractivity contribution in [3.05, 3.63) is 0 Å². The Morgan fingerprint density at radius 2 is 2.00 bits per heavy atom. The van der Waals surface area contributed by atoms with Crippen LogP contribution in [0.5, 0.6) is 0 Å². The van der Waals surface area contributed by atoms with Crippen LogP contribution in [0.2, 0.25) is 0 Å². The van der Waals surface area contributed by atoms with Gasteiger partial charge in [0.1, 0.15) is 12.7 Å². The third kappa shape index (κ3) is 7.31. The van der Waals surface area contributed by atoms with Crippen LogP contribution in [0.4, 0.5) is 0 Å². The van der Waals surface area contributed by atoms with E-state index in [4.69, 9.17) is 4.74 Å². The van der Waals surface area contributed by atoms with Gasteiger partial charge in [-0.05, 0) is 13.3 Å². The lowest BCUT2D eigenvalue weighted by Gasteiger charge is -2.12. The van der Waals surface area contributed by atoms with E-state index in [1.807, 2.05) is 6.92 Å². The molecule has 0 rings (SSSR count). The van der Waals surface area contributed by atoms with Gasteiger partial charge in [0.25, 0.3) is 0 Å². The molecule has 0 saturated heterocycles. The SMILES string of the molecule is CCCC(=O)OC(C)COC(C)=O. The summed E-state index contributed by atoms with van der Waals surface area (Å²) in [5, 5.41) is 0. The van der Waals surface area contributed by atoms with Gasteiger partial charge in [-0.25, -0.2) is 0 Å². The highest BCUT2D eigenvalue weighted by atomic mass is 16.6. The molecule has 0 aliphatic heterocycles. The molecule has 0 N–H and O–H groups in total. The minimum Gasteiger partial charge on any atom is -0.462 e. The third-order valence-electron chi connectivity index (χ3n) is 1.31. The Labute approximate surface area is 78.2 Å². The van der Waals surface area contributed by atoms with Crippen molar-refractivity contribution in [1.82, 2.24) is 0 Å². The lowest BCUT2D eigenvalue weighted by molar-refractivity contribution is -0.156. The molecule has 0 bridgehead atoms. The van der Waals surface area contributed by atoms with E-state index in [1.54, 1.807) is 6.92 Å². The van der Waals surface area contributed by atoms with Gasteiger partial charge in [-0.15, -0.1) is 0 Å². The van der Waals surface area contributed by atoms with Crippen molar-refractivity contribution in [2.45, 2.75) is 39.7 Å². The van der Waals surface area contributed by atoms with E-state index in [1.165, 1.54) is 6.92 Å². The molecule has 0 heterocycles. The normalized spacial score (nSPS) is 11.9. The summed E-state index contributed by atoms with van der Waals surface area (Å²) < 4.78 is 9.59. The zero-order chi connectivity index (χ0) is 10.3. The predicted octanol–water partition coefficient (Wildman–Crippen LogP) is 1.28. The fraction of sp³-hybridized carbons (Fsp3) is 0.778. The van der Waals surface area contributed by atoms with E-state index in [2.05, 4.69) is 4.74 Å². The molecule has 76 valence electrons. The van der Waals surface area contributed by atoms with E-state index < -0.39 is 0 Å². The van der Waals surface area contributed by atoms with Crippen molar-refractivity contribution in [3.8, 4) is 0 Å². The molecule has 1 atom stereocenters. The van der Waals surface area contributed by atoms with Crippen molar-refractivity contribution in [2.75, 3.05) is 6.61 Å². The molecule has 0 saturated carbocycles. The molecule has 0 spiro atoms. The van der Waals surface area contributed by atoms with E-state index in [0.717, 1.165) is 6.42 Å². The number of ether oxygens (including phenoxy) is 2. The molecule has 4 heteroatoms. The van der Waals surface area contributed by atoms with Gasteiger partial charge in [0.05, 0.1) is 0 Å². The van der Waals surface area contributed by atoms with E-state index in [-0.39, 0.29) is 24.6 Å². The number of hydrogen-bond acceptors (Lipinski definition) is 4. The topological polar surface area (TPSA) is 52.6 Å². The van der Waals surface area contributed by atoms with Crippen LogP contribution >= 0.6 is 0 Å². The zero-order valence-corrected chi connectivity index (χ0v) is 8.33. The van der Waals surface area contributed by atoms with Crippen LogP contribution in [0.15, 0.2) is 0 Å². The fourth-order valence-electron chi connectivity index (χ4n) is 0.756. The van der Waals surface area contributed by atoms with Gasteiger partial charge in [0, 0.05) is 13.3 Å². The second-order valence-corrected chi connectivity index (χ2v) is 2.85. The summed E-state index contributed by atoms with van der Waals surface area (Å²) in [5.41, 5.74) is 0. The molecule has 0 amide bonds. The summed E-state index contributed by atoms with van der Waals surface area (Å²) >= 11 is 0. The van der Waals surface area contributed by atoms with Gasteiger partial charge in [0.2, 0.25) is 0 Å². The highest BCUT2D eigenvalue weighted by Crippen LogP contribution is 1.97. The first-order valence-electron chi connectivity index (χ1n) is 4.39. The molecule has 1 unspecified atom stereocenters. The summed E-state index contributed by atoms with van der Waals surface area (Å²) in [6.45, 7) is 5.04. The Balaban J connectivity index is 3.55. The highest BCUT2D eigenvalue weighted by molar-refractivity contribution is 5.69. The summed E-state index contributed by atoms with van der Waals surface area (Å²) in [5.74, 6) is -0.611. The van der Waals surface area contributed by atoms with Gasteiger partial charge in [0.15, 0.2) is 0 Å². The molecule has 0 aromatic heterocycles. The van der Waals surface area contributed by atoms with Crippen molar-refractivity contribution in [3.63, 3.8) is 0 Å². The Kier molecular flexibility index (Phi) is 5.93. The summed E-state index contributed by atoms with van der Waals surface area (Å²) in [6, 6.07) is 0. The average Bonchev–Trinajstić information content (AvgIpc) is 2.01. The second kappa shape index (κ2) is 6.46. The summed E-state index contributed by atoms with van der Waals surface area (Å²) in [6.07, 6.45) is 0.812. The second-order valence-electron chi connectivity index (χ2n) is 2.85. The largest absolute Gasteiger partial charge is 0.462 e. The number of carbonyl (C=O) groups excluding carboxylic acids is 2. The maximum absolute atomic E-state index is 10.9. The highest BCUT2D eigenvalue weighted by Gasteiger charge is 2.09. The predicted molar refractivity (Wildman–Crippen MR) is 47.1 cm³/mol. The third-order valence-corrected chi connectivity index (χ3v) is 1.31. The van der Waals surface area contributed by atoms with E-state index in [9.17, 15) is 9.59 Å². The Bertz CT molecular complexity index is 176. The van der Waals surface area contributed by atoms with E-state index >= 15 is 0 Å². The van der Waals surface area contributed by atoms with E-state index in [0.29, 0.717) is 6.42 Å². The molecule has 4 nitrogen and oxygen atoms in total. The van der Waals surface area contributed by atoms with Crippen LogP contribution in [-0.4, -0.2) is 24.6 Å². The maximum Gasteiger partial charge on any atom is 0.306 e. The lowest BCUT2D eigenvalue weighted by Crippen LogP contribution is -2.21. The molecular weight excluding hydrogens is 172 g/mol. The van der Waals surface area contributed by atoms with Crippen LogP contribution < -0.4 is 0 Å². The van der Waals surface area contributed by atoms with Crippen LogP contribution in [0.3, 0.4) is 0 Å². The Morgan fingerprint density at radius 1 is 1.38 bits per heavy atom. The molecule has 0 aromatic carbocycles. The minimum absolute atomic E-state index is 0.130. The summed E-state index contributed by atoms with van der Waals surface area (Å²) in [4.78, 5) is 21.3. The molecule has 0 fully saturated rings. The fourth-order valence-corrected chi connectivity index (χ4v) is 0.756. The lowest BCUT2D eigenvalue weighted by atomic mass is 10.3. The number of rotatable bonds is 5. The van der Waals surface area contributed by atoms with Crippen molar-refractivity contribution in [2.24, 2.45) is 0 Å². The first-order chi connectivity index (χ1) is 6.06. The Morgan fingerprint density at radius 3 is 2.46 bits per heavy atom. The first-order valence-corrected chi connectivity index (χ1v) is 4.39. The van der Waals surface area contributed by atoms with Gasteiger partial charge >= 0.3 is 11.9 Å². The summed E-state index contributed by atoms with van der Waals surface area (Å²) in [7, 11) is 0. The van der Waals surface area contributed by atoms with Crippen LogP contribution in [0.25, 0.3) is 0 Å². The molecular formula is C9H16O4. The average molecular weight is 188 g/mol. The first kappa shape index (κ1) is 11.9. The van der Waals surface area contributed by atoms with Gasteiger partial charge in [-0.2, -0.15) is 0 Å². The van der Waals surface area contributed by atoms with Crippen molar-refractivity contribution < 1.29 is 19.1 Å². The smallest absolute Gasteiger partial charge is 0.306 e. The zero-order valence-electron chi connectivity index (χ0n) is 8.33. The number of carbonyl (C=O) groups is 2. The van der Waals surface area contributed by atoms with Gasteiger partial charge in [-0.1, -0.05) is 6.92 Å². The quantitative estimate of drug-likeness (QED) is 0.610. The standard InChI is InChI=1S/C9H16O4/c1-4-5-9(11)13-7(2)6-12-8(3)10/h7H,4-6H2,1-3H3. The van der Waals surface area contributed by atoms with Crippen molar-refractivity contribution in [1.29, 1.82) is 0 Å². The maximum atomic E-state index is 10.9. The van der Waals surface area contributed by atoms with Gasteiger partial charge < -0.3 is 9.47 Å². The molecule has 13 heavy (non-hydrogen) atoms. The van der Waals surface area contributed by atoms with Crippen LogP contribution in [-0.2, 0) is 19.1 Å². The molecule has 0 aliphatic carbocycles. The number of hydrogen-bond donors (Lipinski definition) is 0. The number of esters is 2. The van der Waals surface area contributed by atoms with Gasteiger partial charge in [-0.3, -0.25) is 9.59 Å². The molecule has 0 aromatic rings. The van der Waals surface area contributed by atoms with Crippen LogP contribution in [0.1, 0.15) is 33.6 Å². The molecule has 0 aliphatic rings. The Hall–Kier alpha value is -1.06. The monoisotopic (exact) mass is 188 g/mol. The van der Waals surface area contributed by atoms with Crippen molar-refractivity contribution >= 4 is 11.9 Å².